The number of hydrogen-bond donors (Lipinski definition) is 2. The number of nitrogens with one attached hydrogen (secondary N) is 2. The molecule has 1 aliphatic carbocycles. The van der Waals surface area contributed by atoms with E-state index in [0.717, 1.165) is 25.7 Å². The zero-order valence-electron chi connectivity index (χ0n) is 17.5. The van der Waals surface area contributed by atoms with Gasteiger partial charge in [-0.25, -0.2) is 4.79 Å². The number of nitrogens with zero attached hydrogens (tertiary/aromatic N) is 1. The number of amides is 3. The van der Waals surface area contributed by atoms with Gasteiger partial charge in [-0.1, -0.05) is 12.8 Å². The highest BCUT2D eigenvalue weighted by Crippen LogP contribution is 2.26. The van der Waals surface area contributed by atoms with E-state index >= 15 is 0 Å². The molecule has 1 aliphatic heterocycles. The monoisotopic (exact) mass is 415 g/mol. The van der Waals surface area contributed by atoms with Crippen LogP contribution in [0.3, 0.4) is 0 Å². The predicted molar refractivity (Wildman–Crippen MR) is 111 cm³/mol. The molecule has 30 heavy (non-hydrogen) atoms. The molecule has 2 unspecified atom stereocenters. The molecule has 8 nitrogen and oxygen atoms in total. The van der Waals surface area contributed by atoms with Crippen LogP contribution in [0.15, 0.2) is 24.3 Å². The first kappa shape index (κ1) is 21.8. The van der Waals surface area contributed by atoms with Crippen molar-refractivity contribution in [1.29, 1.82) is 0 Å². The minimum atomic E-state index is -0.647. The van der Waals surface area contributed by atoms with Gasteiger partial charge in [0.15, 0.2) is 0 Å². The maximum Gasteiger partial charge on any atom is 0.338 e. The zero-order chi connectivity index (χ0) is 21.7. The molecule has 0 bridgehead atoms. The van der Waals surface area contributed by atoms with Gasteiger partial charge in [0.25, 0.3) is 0 Å². The van der Waals surface area contributed by atoms with Crippen molar-refractivity contribution in [3.8, 4) is 0 Å². The summed E-state index contributed by atoms with van der Waals surface area (Å²) in [5, 5.41) is 5.71. The highest BCUT2D eigenvalue weighted by molar-refractivity contribution is 6.01. The zero-order valence-corrected chi connectivity index (χ0v) is 17.5. The van der Waals surface area contributed by atoms with Crippen molar-refractivity contribution < 1.29 is 23.9 Å². The van der Waals surface area contributed by atoms with Gasteiger partial charge in [-0.3, -0.25) is 14.4 Å². The Morgan fingerprint density at radius 1 is 1.17 bits per heavy atom. The molecule has 2 atom stereocenters. The Labute approximate surface area is 176 Å². The molecule has 2 aliphatic rings. The summed E-state index contributed by atoms with van der Waals surface area (Å²) in [6.07, 6.45) is 4.28. The van der Waals surface area contributed by atoms with Crippen molar-refractivity contribution in [2.45, 2.75) is 58.0 Å². The minimum Gasteiger partial charge on any atom is -0.462 e. The van der Waals surface area contributed by atoms with Crippen LogP contribution >= 0.6 is 0 Å². The van der Waals surface area contributed by atoms with Crippen molar-refractivity contribution >= 4 is 29.4 Å². The Kier molecular flexibility index (Phi) is 7.07. The molecular formula is C22H29N3O5. The lowest BCUT2D eigenvalue weighted by Gasteiger charge is -2.20. The Morgan fingerprint density at radius 3 is 2.47 bits per heavy atom. The van der Waals surface area contributed by atoms with Crippen LogP contribution in [0.4, 0.5) is 5.69 Å². The molecule has 162 valence electrons. The second-order valence-electron chi connectivity index (χ2n) is 7.89. The van der Waals surface area contributed by atoms with Gasteiger partial charge in [0.05, 0.1) is 18.1 Å². The van der Waals surface area contributed by atoms with E-state index in [1.54, 1.807) is 38.1 Å². The van der Waals surface area contributed by atoms with E-state index in [2.05, 4.69) is 10.6 Å². The fourth-order valence-electron chi connectivity index (χ4n) is 3.92. The largest absolute Gasteiger partial charge is 0.462 e. The van der Waals surface area contributed by atoms with Crippen LogP contribution in [0, 0.1) is 5.92 Å². The molecule has 2 fully saturated rings. The highest BCUT2D eigenvalue weighted by Gasteiger charge is 2.36. The van der Waals surface area contributed by atoms with E-state index < -0.39 is 17.9 Å². The Balaban J connectivity index is 1.54. The molecule has 0 radical (unpaired) electrons. The maximum atomic E-state index is 12.6. The van der Waals surface area contributed by atoms with Crippen LogP contribution in [-0.4, -0.2) is 48.9 Å². The van der Waals surface area contributed by atoms with Gasteiger partial charge in [-0.2, -0.15) is 0 Å². The fraction of sp³-hybridized carbons (Fsp3) is 0.545. The third-order valence-corrected chi connectivity index (χ3v) is 5.64. The third-order valence-electron chi connectivity index (χ3n) is 5.64. The van der Waals surface area contributed by atoms with Crippen molar-refractivity contribution in [3.05, 3.63) is 29.8 Å². The van der Waals surface area contributed by atoms with Crippen LogP contribution < -0.4 is 15.5 Å². The number of carbonyl (C=O) groups is 4. The van der Waals surface area contributed by atoms with Gasteiger partial charge in [0.2, 0.25) is 17.7 Å². The van der Waals surface area contributed by atoms with Gasteiger partial charge < -0.3 is 20.3 Å². The van der Waals surface area contributed by atoms with Crippen molar-refractivity contribution in [1.82, 2.24) is 10.6 Å². The highest BCUT2D eigenvalue weighted by atomic mass is 16.5. The second kappa shape index (κ2) is 9.73. The summed E-state index contributed by atoms with van der Waals surface area (Å²) in [5.41, 5.74) is 1.03. The molecule has 3 rings (SSSR count). The van der Waals surface area contributed by atoms with Gasteiger partial charge >= 0.3 is 5.97 Å². The molecule has 3 amide bonds. The topological polar surface area (TPSA) is 105 Å². The van der Waals surface area contributed by atoms with E-state index in [4.69, 9.17) is 4.74 Å². The maximum absolute atomic E-state index is 12.6. The van der Waals surface area contributed by atoms with Crippen LogP contribution in [0.25, 0.3) is 0 Å². The van der Waals surface area contributed by atoms with E-state index in [-0.39, 0.29) is 36.7 Å². The van der Waals surface area contributed by atoms with Gasteiger partial charge in [0, 0.05) is 24.7 Å². The molecule has 1 aromatic rings. The number of hydrogen-bond acceptors (Lipinski definition) is 5. The lowest BCUT2D eigenvalue weighted by atomic mass is 10.1. The Bertz CT molecular complexity index is 801. The van der Waals surface area contributed by atoms with Crippen LogP contribution in [0.5, 0.6) is 0 Å². The summed E-state index contributed by atoms with van der Waals surface area (Å²) in [7, 11) is 0. The van der Waals surface area contributed by atoms with Crippen LogP contribution in [0.1, 0.15) is 56.3 Å². The number of benzene rings is 1. The minimum absolute atomic E-state index is 0.0857. The first-order chi connectivity index (χ1) is 14.4. The predicted octanol–water partition coefficient (Wildman–Crippen LogP) is 1.78. The van der Waals surface area contributed by atoms with Crippen molar-refractivity contribution in [2.75, 3.05) is 18.1 Å². The van der Waals surface area contributed by atoms with E-state index in [1.165, 1.54) is 4.90 Å². The van der Waals surface area contributed by atoms with Gasteiger partial charge in [-0.15, -0.1) is 0 Å². The molecule has 8 heteroatoms. The number of carbonyl (C=O) groups excluding carboxylic acids is 4. The Hall–Kier alpha value is -2.90. The molecule has 1 saturated carbocycles. The molecule has 1 aromatic carbocycles. The molecule has 1 saturated heterocycles. The summed E-state index contributed by atoms with van der Waals surface area (Å²) >= 11 is 0. The van der Waals surface area contributed by atoms with Crippen LogP contribution in [0.2, 0.25) is 0 Å². The van der Waals surface area contributed by atoms with Gasteiger partial charge in [-0.05, 0) is 51.0 Å². The van der Waals surface area contributed by atoms with Gasteiger partial charge in [0.1, 0.15) is 6.04 Å². The number of rotatable bonds is 7. The number of anilines is 1. The molecule has 0 spiro atoms. The molecule has 0 aromatic heterocycles. The standard InChI is InChI=1S/C22H29N3O5/c1-3-30-22(29)15-8-10-18(11-9-15)25-13-16(12-19(25)26)21(28)23-14(2)20(27)24-17-6-4-5-7-17/h8-11,14,16-17H,3-7,12-13H2,1-2H3,(H,23,28)(H,24,27). The van der Waals surface area contributed by atoms with Crippen LogP contribution in [-0.2, 0) is 19.1 Å². The summed E-state index contributed by atoms with van der Waals surface area (Å²) in [6, 6.07) is 6.08. The summed E-state index contributed by atoms with van der Waals surface area (Å²) in [5.74, 6) is -1.60. The first-order valence-corrected chi connectivity index (χ1v) is 10.6. The molecule has 2 N–H and O–H groups in total. The summed E-state index contributed by atoms with van der Waals surface area (Å²) in [4.78, 5) is 50.6. The first-order valence-electron chi connectivity index (χ1n) is 10.6. The number of esters is 1. The lowest BCUT2D eigenvalue weighted by molar-refractivity contribution is -0.131. The quantitative estimate of drug-likeness (QED) is 0.661. The van der Waals surface area contributed by atoms with E-state index in [0.29, 0.717) is 17.9 Å². The van der Waals surface area contributed by atoms with Crippen molar-refractivity contribution in [3.63, 3.8) is 0 Å². The number of ether oxygens (including phenoxy) is 1. The smallest absolute Gasteiger partial charge is 0.338 e. The fourth-order valence-corrected chi connectivity index (χ4v) is 3.92. The SMILES string of the molecule is CCOC(=O)c1ccc(N2CC(C(=O)NC(C)C(=O)NC3CCCC3)CC2=O)cc1. The average molecular weight is 415 g/mol. The summed E-state index contributed by atoms with van der Waals surface area (Å²) < 4.78 is 4.96. The second-order valence-corrected chi connectivity index (χ2v) is 7.89. The van der Waals surface area contributed by atoms with E-state index in [9.17, 15) is 19.2 Å². The third kappa shape index (κ3) is 5.17. The molecule has 1 heterocycles. The Morgan fingerprint density at radius 2 is 1.83 bits per heavy atom. The normalized spacial score (nSPS) is 20.1. The van der Waals surface area contributed by atoms with E-state index in [1.807, 2.05) is 0 Å². The lowest BCUT2D eigenvalue weighted by Crippen LogP contribution is -2.49. The molecular weight excluding hydrogens is 386 g/mol. The van der Waals surface area contributed by atoms with Crippen molar-refractivity contribution in [2.24, 2.45) is 5.92 Å². The summed E-state index contributed by atoms with van der Waals surface area (Å²) in [6.45, 7) is 3.92. The average Bonchev–Trinajstić information content (AvgIpc) is 3.37.